The summed E-state index contributed by atoms with van der Waals surface area (Å²) in [6, 6.07) is 12.4. The number of benzene rings is 2. The van der Waals surface area contributed by atoms with Gasteiger partial charge in [-0.1, -0.05) is 38.1 Å². The third kappa shape index (κ3) is 2.49. The van der Waals surface area contributed by atoms with Gasteiger partial charge in [-0.25, -0.2) is 0 Å². The number of rotatable bonds is 4. The molecule has 1 N–H and O–H groups in total. The van der Waals surface area contributed by atoms with E-state index in [2.05, 4.69) is 31.2 Å². The van der Waals surface area contributed by atoms with Crippen molar-refractivity contribution in [3.8, 4) is 5.75 Å². The van der Waals surface area contributed by atoms with Crippen molar-refractivity contribution in [2.75, 3.05) is 7.11 Å². The minimum absolute atomic E-state index is 0.168. The lowest BCUT2D eigenvalue weighted by Gasteiger charge is -2.18. The van der Waals surface area contributed by atoms with E-state index in [0.717, 1.165) is 17.6 Å². The second-order valence-corrected chi connectivity index (χ2v) is 4.74. The van der Waals surface area contributed by atoms with Gasteiger partial charge in [-0.2, -0.15) is 0 Å². The number of aliphatic hydroxyl groups excluding tert-OH is 1. The third-order valence-corrected chi connectivity index (χ3v) is 3.59. The van der Waals surface area contributed by atoms with Crippen LogP contribution in [-0.2, 0) is 0 Å². The average Bonchev–Trinajstić information content (AvgIpc) is 2.44. The molecular formula is C16H20O2. The molecule has 2 unspecified atom stereocenters. The van der Waals surface area contributed by atoms with Gasteiger partial charge in [0.05, 0.1) is 13.2 Å². The van der Waals surface area contributed by atoms with Gasteiger partial charge in [0, 0.05) is 5.92 Å². The fourth-order valence-corrected chi connectivity index (χ4v) is 2.23. The van der Waals surface area contributed by atoms with Crippen LogP contribution in [0.4, 0.5) is 0 Å². The molecule has 0 aliphatic carbocycles. The smallest absolute Gasteiger partial charge is 0.119 e. The second kappa shape index (κ2) is 5.40. The highest BCUT2D eigenvalue weighted by Crippen LogP contribution is 2.27. The molecule has 2 aromatic carbocycles. The minimum Gasteiger partial charge on any atom is -0.497 e. The van der Waals surface area contributed by atoms with Crippen molar-refractivity contribution in [3.05, 3.63) is 42.0 Å². The fraction of sp³-hybridized carbons (Fsp3) is 0.375. The van der Waals surface area contributed by atoms with Gasteiger partial charge >= 0.3 is 0 Å². The van der Waals surface area contributed by atoms with E-state index < -0.39 is 0 Å². The van der Waals surface area contributed by atoms with E-state index in [1.807, 2.05) is 19.1 Å². The zero-order chi connectivity index (χ0) is 13.1. The Balaban J connectivity index is 2.38. The molecule has 0 bridgehead atoms. The van der Waals surface area contributed by atoms with Gasteiger partial charge in [0.2, 0.25) is 0 Å². The summed E-state index contributed by atoms with van der Waals surface area (Å²) in [6.45, 7) is 4.08. The first kappa shape index (κ1) is 12.9. The van der Waals surface area contributed by atoms with Gasteiger partial charge in [-0.3, -0.25) is 0 Å². The first-order chi connectivity index (χ1) is 8.65. The molecule has 18 heavy (non-hydrogen) atoms. The van der Waals surface area contributed by atoms with Crippen LogP contribution in [0, 0.1) is 0 Å². The Morgan fingerprint density at radius 1 is 1.11 bits per heavy atom. The zero-order valence-electron chi connectivity index (χ0n) is 11.2. The van der Waals surface area contributed by atoms with E-state index in [4.69, 9.17) is 4.74 Å². The van der Waals surface area contributed by atoms with E-state index >= 15 is 0 Å². The Morgan fingerprint density at radius 2 is 1.78 bits per heavy atom. The summed E-state index contributed by atoms with van der Waals surface area (Å²) in [5.74, 6) is 1.04. The highest BCUT2D eigenvalue weighted by atomic mass is 16.5. The fourth-order valence-electron chi connectivity index (χ4n) is 2.23. The maximum absolute atomic E-state index is 9.91. The van der Waals surface area contributed by atoms with Crippen LogP contribution >= 0.6 is 0 Å². The number of hydrogen-bond donors (Lipinski definition) is 1. The standard InChI is InChI=1S/C16H20O2/c1-4-16(17)11(2)12-5-6-14-10-15(18-3)8-7-13(14)9-12/h5-11,16-17H,4H2,1-3H3. The van der Waals surface area contributed by atoms with Crippen LogP contribution in [0.1, 0.15) is 31.7 Å². The Bertz CT molecular complexity index is 534. The van der Waals surface area contributed by atoms with Crippen molar-refractivity contribution < 1.29 is 9.84 Å². The van der Waals surface area contributed by atoms with Crippen LogP contribution < -0.4 is 4.74 Å². The number of aliphatic hydroxyl groups is 1. The Kier molecular flexibility index (Phi) is 3.87. The largest absolute Gasteiger partial charge is 0.497 e. The van der Waals surface area contributed by atoms with E-state index in [-0.39, 0.29) is 12.0 Å². The normalized spacial score (nSPS) is 14.4. The van der Waals surface area contributed by atoms with Crippen LogP contribution in [0.15, 0.2) is 36.4 Å². The summed E-state index contributed by atoms with van der Waals surface area (Å²) in [4.78, 5) is 0. The summed E-state index contributed by atoms with van der Waals surface area (Å²) in [5, 5.41) is 12.3. The highest BCUT2D eigenvalue weighted by molar-refractivity contribution is 5.84. The molecule has 2 rings (SSSR count). The van der Waals surface area contributed by atoms with Crippen LogP contribution in [0.3, 0.4) is 0 Å². The van der Waals surface area contributed by atoms with Gasteiger partial charge in [0.15, 0.2) is 0 Å². The van der Waals surface area contributed by atoms with Crippen LogP contribution in [0.25, 0.3) is 10.8 Å². The van der Waals surface area contributed by atoms with E-state index in [1.165, 1.54) is 10.9 Å². The predicted octanol–water partition coefficient (Wildman–Crippen LogP) is 3.72. The minimum atomic E-state index is -0.277. The van der Waals surface area contributed by atoms with Gasteiger partial charge in [0.1, 0.15) is 5.75 Å². The summed E-state index contributed by atoms with van der Waals surface area (Å²) < 4.78 is 5.22. The molecule has 0 aliphatic heterocycles. The quantitative estimate of drug-likeness (QED) is 0.888. The van der Waals surface area contributed by atoms with Crippen molar-refractivity contribution in [1.29, 1.82) is 0 Å². The molecule has 0 amide bonds. The van der Waals surface area contributed by atoms with Crippen molar-refractivity contribution in [1.82, 2.24) is 0 Å². The molecule has 0 heterocycles. The molecule has 0 saturated heterocycles. The average molecular weight is 244 g/mol. The topological polar surface area (TPSA) is 29.5 Å². The van der Waals surface area contributed by atoms with Gasteiger partial charge < -0.3 is 9.84 Å². The molecule has 0 fully saturated rings. The van der Waals surface area contributed by atoms with Crippen molar-refractivity contribution in [2.24, 2.45) is 0 Å². The molecule has 2 heteroatoms. The summed E-state index contributed by atoms with van der Waals surface area (Å²) in [6.07, 6.45) is 0.502. The molecule has 2 atom stereocenters. The number of ether oxygens (including phenoxy) is 1. The zero-order valence-corrected chi connectivity index (χ0v) is 11.2. The molecular weight excluding hydrogens is 224 g/mol. The van der Waals surface area contributed by atoms with Crippen LogP contribution in [0.5, 0.6) is 5.75 Å². The molecule has 96 valence electrons. The first-order valence-corrected chi connectivity index (χ1v) is 6.41. The van der Waals surface area contributed by atoms with Gasteiger partial charge in [0.25, 0.3) is 0 Å². The molecule has 0 spiro atoms. The number of methoxy groups -OCH3 is 1. The summed E-state index contributed by atoms with van der Waals surface area (Å²) in [7, 11) is 1.68. The van der Waals surface area contributed by atoms with Gasteiger partial charge in [-0.15, -0.1) is 0 Å². The van der Waals surface area contributed by atoms with Crippen molar-refractivity contribution in [3.63, 3.8) is 0 Å². The summed E-state index contributed by atoms with van der Waals surface area (Å²) in [5.41, 5.74) is 1.18. The SMILES string of the molecule is CCC(O)C(C)c1ccc2cc(OC)ccc2c1. The predicted molar refractivity (Wildman–Crippen MR) is 75.2 cm³/mol. The van der Waals surface area contributed by atoms with E-state index in [9.17, 15) is 5.11 Å². The van der Waals surface area contributed by atoms with Crippen LogP contribution in [0.2, 0.25) is 0 Å². The van der Waals surface area contributed by atoms with Crippen LogP contribution in [-0.4, -0.2) is 18.3 Å². The first-order valence-electron chi connectivity index (χ1n) is 6.41. The second-order valence-electron chi connectivity index (χ2n) is 4.74. The molecule has 2 aromatic rings. The maximum atomic E-state index is 9.91. The third-order valence-electron chi connectivity index (χ3n) is 3.59. The number of hydrogen-bond acceptors (Lipinski definition) is 2. The van der Waals surface area contributed by atoms with Crippen molar-refractivity contribution in [2.45, 2.75) is 32.3 Å². The van der Waals surface area contributed by atoms with E-state index in [1.54, 1.807) is 7.11 Å². The van der Waals surface area contributed by atoms with E-state index in [0.29, 0.717) is 0 Å². The molecule has 0 radical (unpaired) electrons. The molecule has 0 aromatic heterocycles. The lowest BCUT2D eigenvalue weighted by molar-refractivity contribution is 0.145. The van der Waals surface area contributed by atoms with Crippen molar-refractivity contribution >= 4 is 10.8 Å². The Hall–Kier alpha value is -1.54. The highest BCUT2D eigenvalue weighted by Gasteiger charge is 2.14. The molecule has 0 saturated carbocycles. The maximum Gasteiger partial charge on any atom is 0.119 e. The molecule has 2 nitrogen and oxygen atoms in total. The number of fused-ring (bicyclic) bond motifs is 1. The molecule has 0 aliphatic rings. The summed E-state index contributed by atoms with van der Waals surface area (Å²) >= 11 is 0. The monoisotopic (exact) mass is 244 g/mol. The lowest BCUT2D eigenvalue weighted by Crippen LogP contribution is -2.14. The Morgan fingerprint density at radius 3 is 2.44 bits per heavy atom. The Labute approximate surface area is 108 Å². The van der Waals surface area contributed by atoms with Gasteiger partial charge in [-0.05, 0) is 34.9 Å². The lowest BCUT2D eigenvalue weighted by atomic mass is 9.92.